The third kappa shape index (κ3) is 5.38. The number of carbonyl (C=O) groups excluding carboxylic acids is 2. The maximum absolute atomic E-state index is 13.1. The highest BCUT2D eigenvalue weighted by Gasteiger charge is 2.38. The van der Waals surface area contributed by atoms with E-state index in [0.29, 0.717) is 19.4 Å². The molecule has 2 saturated heterocycles. The van der Waals surface area contributed by atoms with E-state index in [2.05, 4.69) is 85.0 Å². The maximum atomic E-state index is 13.1. The Kier molecular flexibility index (Phi) is 8.16. The van der Waals surface area contributed by atoms with Crippen molar-refractivity contribution in [3.05, 3.63) is 65.9 Å². The standard InChI is InChI=1S/C40H46N6O3/c1-5-8-36(47)45-23(4)10-16-34(45)40-42-31-15-12-24-19-30-28-14-11-25(18-26(28)22-49-35(30)20-29(24)38(31)44-40)32-21-41-39(43-32)33-17-13-27(7-3)46(33)37(48)9-6-2/h11-12,14-15,18-21,23,27,33-34H,5-10,13,16-17,22H2,1-4H3,(H,41,43)(H,42,44)/t23-,27-,33-,34-/m0/s1. The van der Waals surface area contributed by atoms with E-state index in [1.165, 1.54) is 5.56 Å². The summed E-state index contributed by atoms with van der Waals surface area (Å²) in [6.07, 6.45) is 9.58. The minimum atomic E-state index is -0.0219. The van der Waals surface area contributed by atoms with Crippen molar-refractivity contribution in [3.8, 4) is 28.1 Å². The van der Waals surface area contributed by atoms with Gasteiger partial charge in [-0.05, 0) is 98.2 Å². The summed E-state index contributed by atoms with van der Waals surface area (Å²) in [6.45, 7) is 8.90. The summed E-state index contributed by atoms with van der Waals surface area (Å²) < 4.78 is 6.41. The molecule has 0 saturated carbocycles. The van der Waals surface area contributed by atoms with E-state index >= 15 is 0 Å². The monoisotopic (exact) mass is 658 g/mol. The maximum Gasteiger partial charge on any atom is 0.223 e. The largest absolute Gasteiger partial charge is 0.488 e. The predicted molar refractivity (Wildman–Crippen MR) is 192 cm³/mol. The summed E-state index contributed by atoms with van der Waals surface area (Å²) in [4.78, 5) is 47.2. The van der Waals surface area contributed by atoms with Crippen LogP contribution in [0.2, 0.25) is 0 Å². The van der Waals surface area contributed by atoms with Crippen molar-refractivity contribution in [1.29, 1.82) is 0 Å². The van der Waals surface area contributed by atoms with Crippen LogP contribution in [0.25, 0.3) is 44.2 Å². The zero-order valence-corrected chi connectivity index (χ0v) is 29.0. The summed E-state index contributed by atoms with van der Waals surface area (Å²) in [7, 11) is 0. The summed E-state index contributed by atoms with van der Waals surface area (Å²) in [5, 5.41) is 2.18. The molecule has 0 spiro atoms. The van der Waals surface area contributed by atoms with Crippen molar-refractivity contribution in [2.75, 3.05) is 0 Å². The number of fused-ring (bicyclic) bond motifs is 6. The fraction of sp³-hybridized carbons (Fsp3) is 0.450. The fourth-order valence-electron chi connectivity index (χ4n) is 8.58. The fourth-order valence-corrected chi connectivity index (χ4v) is 8.58. The number of amides is 2. The van der Waals surface area contributed by atoms with E-state index < -0.39 is 0 Å². The Balaban J connectivity index is 1.08. The van der Waals surface area contributed by atoms with Gasteiger partial charge in [0.1, 0.15) is 24.0 Å². The molecule has 4 atom stereocenters. The third-order valence-corrected chi connectivity index (χ3v) is 11.1. The highest BCUT2D eigenvalue weighted by Crippen LogP contribution is 2.44. The summed E-state index contributed by atoms with van der Waals surface area (Å²) in [5.74, 6) is 3.04. The van der Waals surface area contributed by atoms with Gasteiger partial charge < -0.3 is 24.5 Å². The van der Waals surface area contributed by atoms with Crippen LogP contribution in [0.3, 0.4) is 0 Å². The number of carbonyl (C=O) groups is 2. The first-order chi connectivity index (χ1) is 23.9. The van der Waals surface area contributed by atoms with Crippen molar-refractivity contribution >= 4 is 33.6 Å². The highest BCUT2D eigenvalue weighted by molar-refractivity contribution is 6.07. The molecule has 9 heteroatoms. The molecule has 5 heterocycles. The quantitative estimate of drug-likeness (QED) is 0.173. The second kappa shape index (κ2) is 12.7. The second-order valence-electron chi connectivity index (χ2n) is 14.2. The van der Waals surface area contributed by atoms with E-state index in [-0.39, 0.29) is 36.0 Å². The number of nitrogens with zero attached hydrogens (tertiary/aromatic N) is 4. The topological polar surface area (TPSA) is 107 Å². The average Bonchev–Trinajstić information content (AvgIpc) is 3.92. The Morgan fingerprint density at radius 3 is 2.43 bits per heavy atom. The van der Waals surface area contributed by atoms with Gasteiger partial charge in [0.05, 0.1) is 35.0 Å². The lowest BCUT2D eigenvalue weighted by Gasteiger charge is -2.29. The van der Waals surface area contributed by atoms with Crippen LogP contribution in [-0.4, -0.2) is 53.6 Å². The van der Waals surface area contributed by atoms with Gasteiger partial charge in [-0.1, -0.05) is 39.0 Å². The number of nitrogens with one attached hydrogen (secondary N) is 2. The van der Waals surface area contributed by atoms with E-state index in [9.17, 15) is 9.59 Å². The van der Waals surface area contributed by atoms with Gasteiger partial charge in [-0.2, -0.15) is 0 Å². The van der Waals surface area contributed by atoms with Gasteiger partial charge in [0.15, 0.2) is 0 Å². The Morgan fingerprint density at radius 1 is 0.857 bits per heavy atom. The molecule has 5 aromatic rings. The van der Waals surface area contributed by atoms with Crippen LogP contribution < -0.4 is 4.74 Å². The Labute approximate surface area is 287 Å². The molecule has 8 rings (SSSR count). The minimum Gasteiger partial charge on any atom is -0.488 e. The molecule has 2 N–H and O–H groups in total. The number of likely N-dealkylation sites (tertiary alicyclic amines) is 2. The van der Waals surface area contributed by atoms with Crippen LogP contribution >= 0.6 is 0 Å². The van der Waals surface area contributed by atoms with Crippen LogP contribution in [0.5, 0.6) is 5.75 Å². The minimum absolute atomic E-state index is 0.000461. The number of hydrogen-bond donors (Lipinski definition) is 2. The third-order valence-electron chi connectivity index (χ3n) is 11.1. The molecule has 3 aliphatic heterocycles. The van der Waals surface area contributed by atoms with E-state index in [1.54, 1.807) is 0 Å². The molecule has 2 aromatic heterocycles. The molecule has 0 radical (unpaired) electrons. The van der Waals surface area contributed by atoms with Gasteiger partial charge in [-0.15, -0.1) is 0 Å². The molecule has 3 aliphatic rings. The molecule has 9 nitrogen and oxygen atoms in total. The number of hydrogen-bond acceptors (Lipinski definition) is 5. The Hall–Kier alpha value is -4.66. The van der Waals surface area contributed by atoms with Gasteiger partial charge >= 0.3 is 0 Å². The SMILES string of the molecule is CCCC(=O)N1[C@@H](CC)CC[C@H]1c1ncc(-c2ccc3c(c2)COc2cc4c(ccc5nc([C@@H]6CC[C@H](C)N6C(=O)CCC)[nH]c54)cc2-3)[nH]1. The lowest BCUT2D eigenvalue weighted by Crippen LogP contribution is -2.37. The van der Waals surface area contributed by atoms with Crippen molar-refractivity contribution in [2.24, 2.45) is 0 Å². The van der Waals surface area contributed by atoms with Gasteiger partial charge in [0.25, 0.3) is 0 Å². The van der Waals surface area contributed by atoms with Gasteiger partial charge in [0.2, 0.25) is 11.8 Å². The number of imidazole rings is 2. The first kappa shape index (κ1) is 31.6. The number of benzene rings is 3. The zero-order valence-electron chi connectivity index (χ0n) is 29.0. The molecule has 0 aliphatic carbocycles. The summed E-state index contributed by atoms with van der Waals surface area (Å²) >= 11 is 0. The van der Waals surface area contributed by atoms with Crippen LogP contribution in [0.4, 0.5) is 0 Å². The molecular formula is C40H46N6O3. The van der Waals surface area contributed by atoms with E-state index in [0.717, 1.165) is 107 Å². The number of H-pyrrole nitrogens is 2. The van der Waals surface area contributed by atoms with E-state index in [1.807, 2.05) is 11.1 Å². The predicted octanol–water partition coefficient (Wildman–Crippen LogP) is 8.76. The van der Waals surface area contributed by atoms with Crippen molar-refractivity contribution in [2.45, 2.75) is 116 Å². The van der Waals surface area contributed by atoms with Crippen LogP contribution in [0.1, 0.15) is 115 Å². The van der Waals surface area contributed by atoms with Crippen LogP contribution in [0, 0.1) is 0 Å². The summed E-state index contributed by atoms with van der Waals surface area (Å²) in [6, 6.07) is 15.6. The van der Waals surface area contributed by atoms with Gasteiger partial charge in [0, 0.05) is 35.9 Å². The molecular weight excluding hydrogens is 612 g/mol. The van der Waals surface area contributed by atoms with Gasteiger partial charge in [-0.3, -0.25) is 9.59 Å². The average molecular weight is 659 g/mol. The van der Waals surface area contributed by atoms with Crippen LogP contribution in [0.15, 0.2) is 48.7 Å². The number of ether oxygens (including phenoxy) is 1. The number of aromatic nitrogens is 4. The summed E-state index contributed by atoms with van der Waals surface area (Å²) in [5.41, 5.74) is 7.28. The number of rotatable bonds is 8. The first-order valence-electron chi connectivity index (χ1n) is 18.3. The highest BCUT2D eigenvalue weighted by atomic mass is 16.5. The second-order valence-corrected chi connectivity index (χ2v) is 14.2. The molecule has 3 aromatic carbocycles. The smallest absolute Gasteiger partial charge is 0.223 e. The lowest BCUT2D eigenvalue weighted by atomic mass is 9.92. The molecule has 254 valence electrons. The molecule has 49 heavy (non-hydrogen) atoms. The Morgan fingerprint density at radius 2 is 1.63 bits per heavy atom. The molecule has 0 bridgehead atoms. The van der Waals surface area contributed by atoms with Crippen molar-refractivity contribution < 1.29 is 14.3 Å². The number of aromatic amines is 2. The molecule has 0 unspecified atom stereocenters. The van der Waals surface area contributed by atoms with Crippen molar-refractivity contribution in [1.82, 2.24) is 29.7 Å². The lowest BCUT2D eigenvalue weighted by molar-refractivity contribution is -0.135. The van der Waals surface area contributed by atoms with Gasteiger partial charge in [-0.25, -0.2) is 9.97 Å². The molecule has 2 fully saturated rings. The molecule has 2 amide bonds. The zero-order chi connectivity index (χ0) is 33.8. The van der Waals surface area contributed by atoms with Crippen LogP contribution in [-0.2, 0) is 16.2 Å². The van der Waals surface area contributed by atoms with E-state index in [4.69, 9.17) is 14.7 Å². The Bertz CT molecular complexity index is 2060. The van der Waals surface area contributed by atoms with Crippen molar-refractivity contribution in [3.63, 3.8) is 0 Å². The normalized spacial score (nSPS) is 21.7. The first-order valence-corrected chi connectivity index (χ1v) is 18.3.